The van der Waals surface area contributed by atoms with E-state index < -0.39 is 29.7 Å². The molecular weight excluding hydrogens is 600 g/mol. The first-order valence-electron chi connectivity index (χ1n) is 20.0. The Kier molecular flexibility index (Phi) is 32.7. The van der Waals surface area contributed by atoms with Gasteiger partial charge in [0.1, 0.15) is 6.04 Å². The minimum atomic E-state index is -1.36. The maximum atomic E-state index is 13.2. The van der Waals surface area contributed by atoms with Crippen molar-refractivity contribution in [3.63, 3.8) is 0 Å². The summed E-state index contributed by atoms with van der Waals surface area (Å²) in [5.41, 5.74) is 5.26. The second-order valence-electron chi connectivity index (χ2n) is 13.7. The third kappa shape index (κ3) is 28.6. The lowest BCUT2D eigenvalue weighted by Gasteiger charge is -2.27. The number of carbonyl (C=O) groups excluding carboxylic acids is 3. The number of primary amides is 1. The third-order valence-electron chi connectivity index (χ3n) is 9.10. The van der Waals surface area contributed by atoms with Crippen LogP contribution in [-0.4, -0.2) is 39.7 Å². The van der Waals surface area contributed by atoms with Gasteiger partial charge >= 0.3 is 5.97 Å². The highest BCUT2D eigenvalue weighted by Gasteiger charge is 2.34. The fraction of sp³-hybridized carbons (Fsp3) is 0.805. The number of unbranched alkanes of at least 4 members (excludes halogenated alkanes) is 22. The summed E-state index contributed by atoms with van der Waals surface area (Å²) in [6.07, 6.45) is 38.8. The van der Waals surface area contributed by atoms with Crippen molar-refractivity contribution in [3.05, 3.63) is 24.3 Å². The highest BCUT2D eigenvalue weighted by molar-refractivity contribution is 5.99. The predicted octanol–water partition coefficient (Wildman–Crippen LogP) is 11.1. The van der Waals surface area contributed by atoms with E-state index >= 15 is 0 Å². The standard InChI is InChI=1S/C41H74N2O5/c1-3-5-7-9-11-13-15-17-19-21-23-25-27-29-31-33-39(45)43(37(41(47)48)35-36-38(42)44)40(46)34-32-30-28-26-24-22-20-18-16-14-12-10-8-6-4-2/h17-20,37H,3-16,21-36H2,1-2H3,(H2,42,44)(H,47,48)/b19-17-,20-18-. The molecule has 0 aromatic carbocycles. The normalized spacial score (nSPS) is 12.2. The quantitative estimate of drug-likeness (QED) is 0.0512. The molecule has 1 atom stereocenters. The van der Waals surface area contributed by atoms with E-state index in [4.69, 9.17) is 5.73 Å². The van der Waals surface area contributed by atoms with Crippen LogP contribution in [0.25, 0.3) is 0 Å². The Labute approximate surface area is 294 Å². The average Bonchev–Trinajstić information content (AvgIpc) is 3.06. The second kappa shape index (κ2) is 34.4. The zero-order valence-corrected chi connectivity index (χ0v) is 31.2. The maximum absolute atomic E-state index is 13.2. The number of amides is 3. The molecule has 0 aromatic heterocycles. The number of nitrogens with zero attached hydrogens (tertiary/aromatic N) is 1. The number of nitrogens with two attached hydrogens (primary N) is 1. The van der Waals surface area contributed by atoms with Crippen LogP contribution in [0.4, 0.5) is 0 Å². The molecule has 0 rings (SSSR count). The predicted molar refractivity (Wildman–Crippen MR) is 201 cm³/mol. The van der Waals surface area contributed by atoms with E-state index in [1.807, 2.05) is 0 Å². The van der Waals surface area contributed by atoms with E-state index in [1.165, 1.54) is 77.0 Å². The summed E-state index contributed by atoms with van der Waals surface area (Å²) in [5.74, 6) is -2.83. The molecule has 0 aliphatic carbocycles. The second-order valence-corrected chi connectivity index (χ2v) is 13.7. The Balaban J connectivity index is 4.40. The van der Waals surface area contributed by atoms with Crippen LogP contribution in [0, 0.1) is 0 Å². The van der Waals surface area contributed by atoms with Gasteiger partial charge in [0.2, 0.25) is 17.7 Å². The summed E-state index contributed by atoms with van der Waals surface area (Å²) in [7, 11) is 0. The zero-order valence-electron chi connectivity index (χ0n) is 31.2. The van der Waals surface area contributed by atoms with Crippen LogP contribution in [0.2, 0.25) is 0 Å². The topological polar surface area (TPSA) is 118 Å². The number of rotatable bonds is 35. The fourth-order valence-corrected chi connectivity index (χ4v) is 6.06. The number of allylic oxidation sites excluding steroid dienone is 4. The van der Waals surface area contributed by atoms with Crippen molar-refractivity contribution in [3.8, 4) is 0 Å². The molecule has 0 fully saturated rings. The summed E-state index contributed by atoms with van der Waals surface area (Å²) in [5, 5.41) is 9.85. The van der Waals surface area contributed by atoms with E-state index in [-0.39, 0.29) is 25.7 Å². The summed E-state index contributed by atoms with van der Waals surface area (Å²) >= 11 is 0. The summed E-state index contributed by atoms with van der Waals surface area (Å²) in [4.78, 5) is 50.7. The number of carboxylic acids is 1. The van der Waals surface area contributed by atoms with Crippen LogP contribution >= 0.6 is 0 Å². The molecule has 0 spiro atoms. The molecule has 0 radical (unpaired) electrons. The van der Waals surface area contributed by atoms with Crippen molar-refractivity contribution in [1.29, 1.82) is 0 Å². The largest absolute Gasteiger partial charge is 0.480 e. The van der Waals surface area contributed by atoms with E-state index in [1.54, 1.807) is 0 Å². The van der Waals surface area contributed by atoms with Crippen LogP contribution in [0.1, 0.15) is 206 Å². The molecule has 278 valence electrons. The number of carbonyl (C=O) groups is 4. The van der Waals surface area contributed by atoms with Crippen molar-refractivity contribution in [2.75, 3.05) is 0 Å². The Bertz CT molecular complexity index is 817. The summed E-state index contributed by atoms with van der Waals surface area (Å²) in [6.45, 7) is 4.49. The third-order valence-corrected chi connectivity index (χ3v) is 9.10. The fourth-order valence-electron chi connectivity index (χ4n) is 6.06. The van der Waals surface area contributed by atoms with Crippen molar-refractivity contribution >= 4 is 23.7 Å². The Morgan fingerprint density at radius 3 is 1.12 bits per heavy atom. The molecule has 7 heteroatoms. The van der Waals surface area contributed by atoms with Crippen molar-refractivity contribution in [1.82, 2.24) is 4.90 Å². The number of aliphatic carboxylic acids is 1. The van der Waals surface area contributed by atoms with Crippen LogP contribution in [0.5, 0.6) is 0 Å². The van der Waals surface area contributed by atoms with Gasteiger partial charge in [-0.25, -0.2) is 4.79 Å². The van der Waals surface area contributed by atoms with Gasteiger partial charge in [-0.1, -0.05) is 141 Å². The van der Waals surface area contributed by atoms with E-state index in [2.05, 4.69) is 38.2 Å². The molecule has 48 heavy (non-hydrogen) atoms. The molecular formula is C41H74N2O5. The smallest absolute Gasteiger partial charge is 0.326 e. The minimum absolute atomic E-state index is 0.136. The van der Waals surface area contributed by atoms with Crippen LogP contribution < -0.4 is 5.73 Å². The van der Waals surface area contributed by atoms with E-state index in [0.717, 1.165) is 81.9 Å². The summed E-state index contributed by atoms with van der Waals surface area (Å²) in [6, 6.07) is -1.36. The lowest BCUT2D eigenvalue weighted by atomic mass is 10.0. The van der Waals surface area contributed by atoms with Crippen molar-refractivity contribution in [2.24, 2.45) is 5.73 Å². The van der Waals surface area contributed by atoms with Gasteiger partial charge in [-0.05, 0) is 70.6 Å². The molecule has 0 aliphatic rings. The molecule has 3 N–H and O–H groups in total. The highest BCUT2D eigenvalue weighted by Crippen LogP contribution is 2.18. The Hall–Kier alpha value is -2.44. The first kappa shape index (κ1) is 45.6. The zero-order chi connectivity index (χ0) is 35.5. The number of imide groups is 1. The molecule has 7 nitrogen and oxygen atoms in total. The molecule has 0 bridgehead atoms. The van der Waals surface area contributed by atoms with Gasteiger partial charge in [-0.2, -0.15) is 0 Å². The van der Waals surface area contributed by atoms with Crippen molar-refractivity contribution < 1.29 is 24.3 Å². The number of hydrogen-bond acceptors (Lipinski definition) is 4. The van der Waals surface area contributed by atoms with Gasteiger partial charge in [0.25, 0.3) is 0 Å². The number of carboxylic acid groups (broad SMARTS) is 1. The molecule has 0 aromatic rings. The number of hydrogen-bond donors (Lipinski definition) is 2. The average molecular weight is 675 g/mol. The van der Waals surface area contributed by atoms with Gasteiger partial charge in [0, 0.05) is 19.3 Å². The molecule has 0 saturated carbocycles. The van der Waals surface area contributed by atoms with E-state index in [9.17, 15) is 24.3 Å². The van der Waals surface area contributed by atoms with Crippen LogP contribution in [-0.2, 0) is 19.2 Å². The van der Waals surface area contributed by atoms with Crippen molar-refractivity contribution in [2.45, 2.75) is 213 Å². The lowest BCUT2D eigenvalue weighted by molar-refractivity contribution is -0.158. The lowest BCUT2D eigenvalue weighted by Crippen LogP contribution is -2.49. The monoisotopic (exact) mass is 675 g/mol. The highest BCUT2D eigenvalue weighted by atomic mass is 16.4. The summed E-state index contributed by atoms with van der Waals surface area (Å²) < 4.78 is 0. The van der Waals surface area contributed by atoms with Gasteiger partial charge in [-0.15, -0.1) is 0 Å². The minimum Gasteiger partial charge on any atom is -0.480 e. The maximum Gasteiger partial charge on any atom is 0.326 e. The van der Waals surface area contributed by atoms with Gasteiger partial charge in [0.15, 0.2) is 0 Å². The van der Waals surface area contributed by atoms with Gasteiger partial charge in [0.05, 0.1) is 0 Å². The molecule has 3 amide bonds. The first-order chi connectivity index (χ1) is 23.3. The van der Waals surface area contributed by atoms with E-state index in [0.29, 0.717) is 12.8 Å². The van der Waals surface area contributed by atoms with Crippen LogP contribution in [0.15, 0.2) is 24.3 Å². The van der Waals surface area contributed by atoms with Gasteiger partial charge in [-0.3, -0.25) is 19.3 Å². The molecule has 1 unspecified atom stereocenters. The first-order valence-corrected chi connectivity index (χ1v) is 20.0. The van der Waals surface area contributed by atoms with Gasteiger partial charge < -0.3 is 10.8 Å². The SMILES string of the molecule is CCCCCCCC/C=C\CCCCCCCC(=O)N(C(=O)CCCCCCC/C=C\CCCCCCCC)C(CCC(N)=O)C(=O)O. The molecule has 0 aliphatic heterocycles. The van der Waals surface area contributed by atoms with Crippen LogP contribution in [0.3, 0.4) is 0 Å². The molecule has 0 heterocycles. The molecule has 0 saturated heterocycles. The Morgan fingerprint density at radius 2 is 0.812 bits per heavy atom. The Morgan fingerprint density at radius 1 is 0.500 bits per heavy atom.